The minimum Gasteiger partial charge on any atom is -0.366 e. The molecule has 0 spiro atoms. The second-order valence-corrected chi connectivity index (χ2v) is 5.84. The van der Waals surface area contributed by atoms with Crippen LogP contribution in [0.2, 0.25) is 0 Å². The van der Waals surface area contributed by atoms with E-state index in [1.165, 1.54) is 12.1 Å². The number of piperidine rings is 1. The summed E-state index contributed by atoms with van der Waals surface area (Å²) in [6, 6.07) is 6.40. The predicted molar refractivity (Wildman–Crippen MR) is 84.2 cm³/mol. The Hall–Kier alpha value is -2.14. The van der Waals surface area contributed by atoms with Crippen molar-refractivity contribution in [2.75, 3.05) is 20.1 Å². The van der Waals surface area contributed by atoms with Crippen LogP contribution in [0.3, 0.4) is 0 Å². The minimum atomic E-state index is -0.281. The van der Waals surface area contributed by atoms with Crippen LogP contribution in [0, 0.1) is 5.82 Å². The quantitative estimate of drug-likeness (QED) is 0.915. The summed E-state index contributed by atoms with van der Waals surface area (Å²) in [5.41, 5.74) is 2.23. The Morgan fingerprint density at radius 2 is 1.91 bits per heavy atom. The van der Waals surface area contributed by atoms with Gasteiger partial charge in [-0.25, -0.2) is 4.39 Å². The zero-order valence-corrected chi connectivity index (χ0v) is 12.6. The van der Waals surface area contributed by atoms with Crippen molar-refractivity contribution >= 4 is 5.91 Å². The zero-order chi connectivity index (χ0) is 15.5. The molecule has 1 saturated heterocycles. The van der Waals surface area contributed by atoms with Gasteiger partial charge in [0.05, 0.1) is 5.56 Å². The molecule has 5 heteroatoms. The molecule has 1 aliphatic rings. The van der Waals surface area contributed by atoms with Crippen LogP contribution in [0.5, 0.6) is 0 Å². The molecule has 3 rings (SSSR count). The lowest BCUT2D eigenvalue weighted by Crippen LogP contribution is -2.43. The van der Waals surface area contributed by atoms with E-state index in [-0.39, 0.29) is 17.8 Å². The molecule has 0 saturated carbocycles. The molecule has 1 fully saturated rings. The molecule has 22 heavy (non-hydrogen) atoms. The Bertz CT molecular complexity index is 642. The Balaban J connectivity index is 1.74. The Morgan fingerprint density at radius 3 is 2.59 bits per heavy atom. The van der Waals surface area contributed by atoms with E-state index >= 15 is 0 Å². The van der Waals surface area contributed by atoms with Crippen LogP contribution in [-0.2, 0) is 0 Å². The Kier molecular flexibility index (Phi) is 4.24. The maximum Gasteiger partial charge on any atom is 0.253 e. The highest BCUT2D eigenvalue weighted by atomic mass is 19.1. The van der Waals surface area contributed by atoms with Gasteiger partial charge in [-0.15, -0.1) is 0 Å². The topological polar surface area (TPSA) is 48.1 Å². The molecule has 4 nitrogen and oxygen atoms in total. The number of rotatable bonds is 3. The van der Waals surface area contributed by atoms with Crippen LogP contribution in [-0.4, -0.2) is 42.0 Å². The fourth-order valence-electron chi connectivity index (χ4n) is 2.84. The van der Waals surface area contributed by atoms with E-state index in [1.54, 1.807) is 24.5 Å². The summed E-state index contributed by atoms with van der Waals surface area (Å²) in [6.45, 7) is 2.01. The van der Waals surface area contributed by atoms with E-state index in [4.69, 9.17) is 0 Å². The standard InChI is InChI=1S/C17H20FN3O/c1-21-8-6-14(7-9-21)20-17(22)16-11-19-10-15(16)12-2-4-13(18)5-3-12/h2-5,10-11,14,19H,6-9H2,1H3,(H,20,22). The maximum absolute atomic E-state index is 13.0. The van der Waals surface area contributed by atoms with Gasteiger partial charge in [0.25, 0.3) is 5.91 Å². The summed E-state index contributed by atoms with van der Waals surface area (Å²) >= 11 is 0. The van der Waals surface area contributed by atoms with Crippen LogP contribution in [0.1, 0.15) is 23.2 Å². The predicted octanol–water partition coefficient (Wildman–Crippen LogP) is 2.64. The van der Waals surface area contributed by atoms with Crippen LogP contribution < -0.4 is 5.32 Å². The summed E-state index contributed by atoms with van der Waals surface area (Å²) in [6.07, 6.45) is 5.41. The van der Waals surface area contributed by atoms with Crippen molar-refractivity contribution in [1.82, 2.24) is 15.2 Å². The van der Waals surface area contributed by atoms with Gasteiger partial charge in [-0.05, 0) is 50.7 Å². The highest BCUT2D eigenvalue weighted by molar-refractivity contribution is 6.00. The highest BCUT2D eigenvalue weighted by Gasteiger charge is 2.21. The average Bonchev–Trinajstić information content (AvgIpc) is 3.00. The van der Waals surface area contributed by atoms with Crippen molar-refractivity contribution < 1.29 is 9.18 Å². The van der Waals surface area contributed by atoms with Crippen LogP contribution in [0.15, 0.2) is 36.7 Å². The van der Waals surface area contributed by atoms with E-state index in [0.717, 1.165) is 37.1 Å². The number of likely N-dealkylation sites (tertiary alicyclic amines) is 1. The van der Waals surface area contributed by atoms with Crippen molar-refractivity contribution in [2.45, 2.75) is 18.9 Å². The number of nitrogens with one attached hydrogen (secondary N) is 2. The van der Waals surface area contributed by atoms with Crippen LogP contribution in [0.25, 0.3) is 11.1 Å². The number of halogens is 1. The van der Waals surface area contributed by atoms with Crippen LogP contribution in [0.4, 0.5) is 4.39 Å². The van der Waals surface area contributed by atoms with Gasteiger partial charge in [-0.3, -0.25) is 4.79 Å². The first-order valence-electron chi connectivity index (χ1n) is 7.55. The van der Waals surface area contributed by atoms with Gasteiger partial charge < -0.3 is 15.2 Å². The third-order valence-corrected chi connectivity index (χ3v) is 4.20. The molecule has 0 aliphatic carbocycles. The van der Waals surface area contributed by atoms with E-state index in [2.05, 4.69) is 22.2 Å². The van der Waals surface area contributed by atoms with Gasteiger partial charge >= 0.3 is 0 Å². The van der Waals surface area contributed by atoms with E-state index < -0.39 is 0 Å². The second kappa shape index (κ2) is 6.32. The summed E-state index contributed by atoms with van der Waals surface area (Å²) in [7, 11) is 2.09. The normalized spacial score (nSPS) is 16.6. The third kappa shape index (κ3) is 3.20. The van der Waals surface area contributed by atoms with Crippen molar-refractivity contribution in [1.29, 1.82) is 0 Å². The molecule has 1 aromatic carbocycles. The summed E-state index contributed by atoms with van der Waals surface area (Å²) < 4.78 is 13.0. The summed E-state index contributed by atoms with van der Waals surface area (Å²) in [4.78, 5) is 17.7. The number of hydrogen-bond donors (Lipinski definition) is 2. The van der Waals surface area contributed by atoms with Crippen molar-refractivity contribution in [3.8, 4) is 11.1 Å². The second-order valence-electron chi connectivity index (χ2n) is 5.84. The zero-order valence-electron chi connectivity index (χ0n) is 12.6. The first-order valence-corrected chi connectivity index (χ1v) is 7.55. The van der Waals surface area contributed by atoms with Gasteiger partial charge in [0.2, 0.25) is 0 Å². The Labute approximate surface area is 129 Å². The maximum atomic E-state index is 13.0. The lowest BCUT2D eigenvalue weighted by atomic mass is 10.0. The number of carbonyl (C=O) groups is 1. The lowest BCUT2D eigenvalue weighted by molar-refractivity contribution is 0.0917. The number of benzene rings is 1. The largest absolute Gasteiger partial charge is 0.366 e. The van der Waals surface area contributed by atoms with Crippen molar-refractivity contribution in [3.05, 3.63) is 48.0 Å². The number of aromatic nitrogens is 1. The highest BCUT2D eigenvalue weighted by Crippen LogP contribution is 2.24. The summed E-state index contributed by atoms with van der Waals surface area (Å²) in [5, 5.41) is 3.10. The summed E-state index contributed by atoms with van der Waals surface area (Å²) in [5.74, 6) is -0.355. The molecule has 0 radical (unpaired) electrons. The molecule has 2 aromatic rings. The molecule has 1 aromatic heterocycles. The SMILES string of the molecule is CN1CCC(NC(=O)c2c[nH]cc2-c2ccc(F)cc2)CC1. The Morgan fingerprint density at radius 1 is 1.23 bits per heavy atom. The fraction of sp³-hybridized carbons (Fsp3) is 0.353. The fourth-order valence-corrected chi connectivity index (χ4v) is 2.84. The smallest absolute Gasteiger partial charge is 0.253 e. The number of carbonyl (C=O) groups excluding carboxylic acids is 1. The van der Waals surface area contributed by atoms with Gasteiger partial charge in [-0.2, -0.15) is 0 Å². The lowest BCUT2D eigenvalue weighted by Gasteiger charge is -2.29. The number of hydrogen-bond acceptors (Lipinski definition) is 2. The molecule has 116 valence electrons. The van der Waals surface area contributed by atoms with Crippen molar-refractivity contribution in [3.63, 3.8) is 0 Å². The van der Waals surface area contributed by atoms with Crippen molar-refractivity contribution in [2.24, 2.45) is 0 Å². The van der Waals surface area contributed by atoms with E-state index in [9.17, 15) is 9.18 Å². The first kappa shape index (κ1) is 14.8. The van der Waals surface area contributed by atoms with Gasteiger partial charge in [0.1, 0.15) is 5.82 Å². The molecule has 2 heterocycles. The minimum absolute atomic E-state index is 0.0740. The van der Waals surface area contributed by atoms with Crippen LogP contribution >= 0.6 is 0 Å². The number of H-pyrrole nitrogens is 1. The first-order chi connectivity index (χ1) is 10.6. The molecular formula is C17H20FN3O. The van der Waals surface area contributed by atoms with E-state index in [1.807, 2.05) is 0 Å². The third-order valence-electron chi connectivity index (χ3n) is 4.20. The molecule has 0 unspecified atom stereocenters. The monoisotopic (exact) mass is 301 g/mol. The molecule has 2 N–H and O–H groups in total. The molecular weight excluding hydrogens is 281 g/mol. The van der Waals surface area contributed by atoms with E-state index in [0.29, 0.717) is 5.56 Å². The molecule has 1 amide bonds. The molecule has 1 aliphatic heterocycles. The van der Waals surface area contributed by atoms with Gasteiger partial charge in [-0.1, -0.05) is 12.1 Å². The number of aromatic amines is 1. The average molecular weight is 301 g/mol. The van der Waals surface area contributed by atoms with Gasteiger partial charge in [0.15, 0.2) is 0 Å². The van der Waals surface area contributed by atoms with Gasteiger partial charge in [0, 0.05) is 24.0 Å². The number of amides is 1. The number of nitrogens with zero attached hydrogens (tertiary/aromatic N) is 1. The molecule has 0 atom stereocenters. The molecule has 0 bridgehead atoms.